The predicted molar refractivity (Wildman–Crippen MR) is 72.4 cm³/mol. The van der Waals surface area contributed by atoms with Gasteiger partial charge in [0.05, 0.1) is 0 Å². The van der Waals surface area contributed by atoms with Crippen LogP contribution >= 0.6 is 0 Å². The Morgan fingerprint density at radius 2 is 1.68 bits per heavy atom. The molecular formula is C14H17N5. The van der Waals surface area contributed by atoms with Crippen LogP contribution in [0.1, 0.15) is 29.8 Å². The number of hydrogen-bond donors (Lipinski definition) is 1. The lowest BCUT2D eigenvalue weighted by Crippen LogP contribution is -2.18. The summed E-state index contributed by atoms with van der Waals surface area (Å²) in [6.07, 6.45) is 5.99. The summed E-state index contributed by atoms with van der Waals surface area (Å²) < 4.78 is 0. The van der Waals surface area contributed by atoms with Gasteiger partial charge in [0.15, 0.2) is 11.6 Å². The molecule has 2 heterocycles. The minimum absolute atomic E-state index is 0.579. The van der Waals surface area contributed by atoms with E-state index in [1.54, 1.807) is 18.5 Å². The Bertz CT molecular complexity index is 555. The number of hydrogen-bond acceptors (Lipinski definition) is 5. The second kappa shape index (κ2) is 5.01. The fourth-order valence-electron chi connectivity index (χ4n) is 2.04. The molecule has 0 aromatic carbocycles. The maximum absolute atomic E-state index is 4.53. The van der Waals surface area contributed by atoms with Gasteiger partial charge in [-0.1, -0.05) is 0 Å². The van der Waals surface area contributed by atoms with Gasteiger partial charge in [-0.2, -0.15) is 0 Å². The molecule has 5 heteroatoms. The summed E-state index contributed by atoms with van der Waals surface area (Å²) in [5.74, 6) is 1.18. The molecule has 0 amide bonds. The van der Waals surface area contributed by atoms with Crippen molar-refractivity contribution in [2.45, 2.75) is 39.3 Å². The highest BCUT2D eigenvalue weighted by molar-refractivity contribution is 5.44. The van der Waals surface area contributed by atoms with E-state index in [9.17, 15) is 0 Å². The molecule has 1 aliphatic rings. The third-order valence-electron chi connectivity index (χ3n) is 3.33. The summed E-state index contributed by atoms with van der Waals surface area (Å²) in [6, 6.07) is 2.48. The monoisotopic (exact) mass is 255 g/mol. The molecule has 0 aliphatic heterocycles. The normalized spacial score (nSPS) is 14.6. The summed E-state index contributed by atoms with van der Waals surface area (Å²) in [6.45, 7) is 4.88. The van der Waals surface area contributed by atoms with E-state index in [1.807, 2.05) is 13.8 Å². The summed E-state index contributed by atoms with van der Waals surface area (Å²) in [5.41, 5.74) is 3.19. The molecule has 19 heavy (non-hydrogen) atoms. The van der Waals surface area contributed by atoms with Gasteiger partial charge in [-0.15, -0.1) is 0 Å². The predicted octanol–water partition coefficient (Wildman–Crippen LogP) is 1.80. The fourth-order valence-corrected chi connectivity index (χ4v) is 2.04. The number of nitrogens with one attached hydrogen (secondary N) is 1. The maximum Gasteiger partial charge on any atom is 0.198 e. The topological polar surface area (TPSA) is 63.6 Å². The van der Waals surface area contributed by atoms with Gasteiger partial charge < -0.3 is 5.32 Å². The Hall–Kier alpha value is -1.88. The fraction of sp³-hybridized carbons (Fsp3) is 0.429. The molecule has 5 nitrogen and oxygen atoms in total. The SMILES string of the molecule is Cc1nc(-c2ncccn2)nc(C)c1CNC1CC1. The lowest BCUT2D eigenvalue weighted by atomic mass is 10.1. The Labute approximate surface area is 112 Å². The van der Waals surface area contributed by atoms with Crippen LogP contribution in [0.4, 0.5) is 0 Å². The van der Waals surface area contributed by atoms with Crippen molar-refractivity contribution >= 4 is 0 Å². The molecular weight excluding hydrogens is 238 g/mol. The van der Waals surface area contributed by atoms with Crippen molar-refractivity contribution < 1.29 is 0 Å². The van der Waals surface area contributed by atoms with Crippen LogP contribution in [-0.2, 0) is 6.54 Å². The van der Waals surface area contributed by atoms with Gasteiger partial charge in [-0.25, -0.2) is 19.9 Å². The first-order valence-corrected chi connectivity index (χ1v) is 6.59. The minimum atomic E-state index is 0.579. The molecule has 0 bridgehead atoms. The van der Waals surface area contributed by atoms with Crippen LogP contribution in [0.25, 0.3) is 11.6 Å². The van der Waals surface area contributed by atoms with Crippen molar-refractivity contribution in [2.24, 2.45) is 0 Å². The van der Waals surface area contributed by atoms with E-state index in [-0.39, 0.29) is 0 Å². The molecule has 0 unspecified atom stereocenters. The van der Waals surface area contributed by atoms with E-state index < -0.39 is 0 Å². The second-order valence-corrected chi connectivity index (χ2v) is 4.92. The van der Waals surface area contributed by atoms with E-state index in [0.29, 0.717) is 17.7 Å². The largest absolute Gasteiger partial charge is 0.310 e. The Morgan fingerprint density at radius 1 is 1.05 bits per heavy atom. The third-order valence-corrected chi connectivity index (χ3v) is 3.33. The molecule has 1 N–H and O–H groups in total. The van der Waals surface area contributed by atoms with Gasteiger partial charge in [0.25, 0.3) is 0 Å². The first kappa shape index (κ1) is 12.2. The van der Waals surface area contributed by atoms with Crippen LogP contribution in [-0.4, -0.2) is 26.0 Å². The van der Waals surface area contributed by atoms with Crippen molar-refractivity contribution in [1.82, 2.24) is 25.3 Å². The van der Waals surface area contributed by atoms with Crippen LogP contribution in [0.3, 0.4) is 0 Å². The average molecular weight is 255 g/mol. The summed E-state index contributed by atoms with van der Waals surface area (Å²) in [5, 5.41) is 3.50. The smallest absolute Gasteiger partial charge is 0.198 e. The van der Waals surface area contributed by atoms with E-state index in [4.69, 9.17) is 0 Å². The van der Waals surface area contributed by atoms with Gasteiger partial charge in [-0.05, 0) is 32.8 Å². The molecule has 2 aromatic heterocycles. The summed E-state index contributed by atoms with van der Waals surface area (Å²) in [4.78, 5) is 17.4. The van der Waals surface area contributed by atoms with Crippen molar-refractivity contribution in [2.75, 3.05) is 0 Å². The van der Waals surface area contributed by atoms with Gasteiger partial charge in [-0.3, -0.25) is 0 Å². The lowest BCUT2D eigenvalue weighted by Gasteiger charge is -2.10. The van der Waals surface area contributed by atoms with E-state index in [2.05, 4.69) is 25.3 Å². The van der Waals surface area contributed by atoms with E-state index in [1.165, 1.54) is 18.4 Å². The number of aryl methyl sites for hydroxylation is 2. The molecule has 0 saturated heterocycles. The highest BCUT2D eigenvalue weighted by Gasteiger charge is 2.21. The van der Waals surface area contributed by atoms with Crippen LogP contribution < -0.4 is 5.32 Å². The minimum Gasteiger partial charge on any atom is -0.310 e. The van der Waals surface area contributed by atoms with Gasteiger partial charge >= 0.3 is 0 Å². The Kier molecular flexibility index (Phi) is 3.21. The second-order valence-electron chi connectivity index (χ2n) is 4.92. The highest BCUT2D eigenvalue weighted by Crippen LogP contribution is 2.21. The quantitative estimate of drug-likeness (QED) is 0.902. The third kappa shape index (κ3) is 2.76. The first-order chi connectivity index (χ1) is 9.24. The average Bonchev–Trinajstić information content (AvgIpc) is 3.23. The van der Waals surface area contributed by atoms with Crippen LogP contribution in [0, 0.1) is 13.8 Å². The Balaban J connectivity index is 1.88. The van der Waals surface area contributed by atoms with Crippen LogP contribution in [0.15, 0.2) is 18.5 Å². The molecule has 2 aromatic rings. The molecule has 98 valence electrons. The zero-order valence-corrected chi connectivity index (χ0v) is 11.2. The van der Waals surface area contributed by atoms with Crippen molar-refractivity contribution in [3.05, 3.63) is 35.4 Å². The molecule has 1 saturated carbocycles. The zero-order chi connectivity index (χ0) is 13.2. The molecule has 0 spiro atoms. The molecule has 1 aliphatic carbocycles. The first-order valence-electron chi connectivity index (χ1n) is 6.59. The number of nitrogens with zero attached hydrogens (tertiary/aromatic N) is 4. The molecule has 0 atom stereocenters. The summed E-state index contributed by atoms with van der Waals surface area (Å²) in [7, 11) is 0. The van der Waals surface area contributed by atoms with Crippen LogP contribution in [0.5, 0.6) is 0 Å². The molecule has 0 radical (unpaired) electrons. The van der Waals surface area contributed by atoms with Crippen molar-refractivity contribution in [1.29, 1.82) is 0 Å². The molecule has 1 fully saturated rings. The zero-order valence-electron chi connectivity index (χ0n) is 11.2. The van der Waals surface area contributed by atoms with Gasteiger partial charge in [0, 0.05) is 41.9 Å². The van der Waals surface area contributed by atoms with Gasteiger partial charge in [0.1, 0.15) is 0 Å². The Morgan fingerprint density at radius 3 is 2.26 bits per heavy atom. The number of aromatic nitrogens is 4. The number of rotatable bonds is 4. The van der Waals surface area contributed by atoms with E-state index >= 15 is 0 Å². The summed E-state index contributed by atoms with van der Waals surface area (Å²) >= 11 is 0. The van der Waals surface area contributed by atoms with Gasteiger partial charge in [0.2, 0.25) is 0 Å². The lowest BCUT2D eigenvalue weighted by molar-refractivity contribution is 0.675. The van der Waals surface area contributed by atoms with Crippen molar-refractivity contribution in [3.8, 4) is 11.6 Å². The highest BCUT2D eigenvalue weighted by atomic mass is 15.0. The standard InChI is InChI=1S/C14H17N5/c1-9-12(8-17-11-4-5-11)10(2)19-14(18-9)13-15-6-3-7-16-13/h3,6-7,11,17H,4-5,8H2,1-2H3. The maximum atomic E-state index is 4.53. The molecule has 3 rings (SSSR count). The van der Waals surface area contributed by atoms with Crippen LogP contribution in [0.2, 0.25) is 0 Å². The van der Waals surface area contributed by atoms with Crippen molar-refractivity contribution in [3.63, 3.8) is 0 Å². The van der Waals surface area contributed by atoms with E-state index in [0.717, 1.165) is 17.9 Å².